The number of ether oxygens (including phenoxy) is 1. The molecule has 0 saturated heterocycles. The van der Waals surface area contributed by atoms with E-state index in [-0.39, 0.29) is 5.78 Å². The van der Waals surface area contributed by atoms with Gasteiger partial charge in [-0.25, -0.2) is 0 Å². The van der Waals surface area contributed by atoms with Crippen molar-refractivity contribution in [1.82, 2.24) is 20.6 Å². The van der Waals surface area contributed by atoms with Crippen LogP contribution < -0.4 is 4.74 Å². The molecular weight excluding hydrogens is 280 g/mol. The molecule has 1 N–H and O–H groups in total. The summed E-state index contributed by atoms with van der Waals surface area (Å²) in [6.07, 6.45) is 0.536. The SMILES string of the molecule is O=C1c2ccccc2COc2cc(Cc3nn[nH]n3)ccc21. The molecule has 1 aliphatic heterocycles. The number of fused-ring (bicyclic) bond motifs is 2. The van der Waals surface area contributed by atoms with E-state index in [1.54, 1.807) is 6.07 Å². The molecule has 2 heterocycles. The number of hydrogen-bond donors (Lipinski definition) is 1. The van der Waals surface area contributed by atoms with Gasteiger partial charge in [0.25, 0.3) is 0 Å². The van der Waals surface area contributed by atoms with Crippen LogP contribution >= 0.6 is 0 Å². The Kier molecular flexibility index (Phi) is 2.93. The Balaban J connectivity index is 1.72. The number of hydrogen-bond acceptors (Lipinski definition) is 5. The van der Waals surface area contributed by atoms with Crippen LogP contribution in [0.25, 0.3) is 0 Å². The summed E-state index contributed by atoms with van der Waals surface area (Å²) in [5, 5.41) is 13.8. The fraction of sp³-hybridized carbons (Fsp3) is 0.125. The second kappa shape index (κ2) is 5.07. The molecule has 0 atom stereocenters. The molecule has 0 spiro atoms. The van der Waals surface area contributed by atoms with Crippen molar-refractivity contribution in [2.75, 3.05) is 0 Å². The first kappa shape index (κ1) is 12.7. The van der Waals surface area contributed by atoms with Crippen molar-refractivity contribution in [2.45, 2.75) is 13.0 Å². The highest BCUT2D eigenvalue weighted by atomic mass is 16.5. The quantitative estimate of drug-likeness (QED) is 0.780. The fourth-order valence-corrected chi connectivity index (χ4v) is 2.59. The van der Waals surface area contributed by atoms with Crippen LogP contribution in [0.4, 0.5) is 0 Å². The van der Waals surface area contributed by atoms with Crippen molar-refractivity contribution in [3.63, 3.8) is 0 Å². The van der Waals surface area contributed by atoms with Gasteiger partial charge in [0.1, 0.15) is 12.4 Å². The van der Waals surface area contributed by atoms with E-state index < -0.39 is 0 Å². The van der Waals surface area contributed by atoms with Crippen LogP contribution in [-0.4, -0.2) is 26.4 Å². The second-order valence-electron chi connectivity index (χ2n) is 5.11. The van der Waals surface area contributed by atoms with E-state index in [1.807, 2.05) is 36.4 Å². The smallest absolute Gasteiger partial charge is 0.197 e. The van der Waals surface area contributed by atoms with E-state index >= 15 is 0 Å². The molecule has 6 heteroatoms. The number of aromatic amines is 1. The predicted molar refractivity (Wildman–Crippen MR) is 77.6 cm³/mol. The highest BCUT2D eigenvalue weighted by Crippen LogP contribution is 2.29. The lowest BCUT2D eigenvalue weighted by Gasteiger charge is -2.08. The number of benzene rings is 2. The number of nitrogens with one attached hydrogen (secondary N) is 1. The lowest BCUT2D eigenvalue weighted by Crippen LogP contribution is -2.02. The number of nitrogens with zero attached hydrogens (tertiary/aromatic N) is 3. The number of ketones is 1. The molecule has 2 aromatic carbocycles. The average Bonchev–Trinajstić information content (AvgIpc) is 3.01. The van der Waals surface area contributed by atoms with Gasteiger partial charge < -0.3 is 4.74 Å². The molecule has 4 rings (SSSR count). The summed E-state index contributed by atoms with van der Waals surface area (Å²) in [4.78, 5) is 12.6. The van der Waals surface area contributed by atoms with Gasteiger partial charge in [-0.05, 0) is 17.7 Å². The standard InChI is InChI=1S/C16H12N4O2/c21-16-12-4-2-1-3-11(12)9-22-14-7-10(5-6-13(14)16)8-15-17-19-20-18-15/h1-7H,8-9H2,(H,17,18,19,20). The van der Waals surface area contributed by atoms with Gasteiger partial charge in [-0.1, -0.05) is 35.5 Å². The highest BCUT2D eigenvalue weighted by Gasteiger charge is 2.22. The molecule has 0 bridgehead atoms. The second-order valence-corrected chi connectivity index (χ2v) is 5.11. The largest absolute Gasteiger partial charge is 0.488 e. The van der Waals surface area contributed by atoms with E-state index in [0.29, 0.717) is 35.7 Å². The first-order valence-corrected chi connectivity index (χ1v) is 6.92. The molecule has 0 radical (unpaired) electrons. The first-order chi connectivity index (χ1) is 10.8. The predicted octanol–water partition coefficient (Wildman–Crippen LogP) is 1.91. The number of aromatic nitrogens is 4. The summed E-state index contributed by atoms with van der Waals surface area (Å²) >= 11 is 0. The summed E-state index contributed by atoms with van der Waals surface area (Å²) in [6.45, 7) is 0.389. The van der Waals surface area contributed by atoms with E-state index in [0.717, 1.165) is 11.1 Å². The number of tetrazole rings is 1. The number of H-pyrrole nitrogens is 1. The van der Waals surface area contributed by atoms with Gasteiger partial charge in [0, 0.05) is 17.5 Å². The van der Waals surface area contributed by atoms with E-state index in [9.17, 15) is 4.79 Å². The molecule has 0 amide bonds. The van der Waals surface area contributed by atoms with Gasteiger partial charge in [0.2, 0.25) is 0 Å². The Morgan fingerprint density at radius 3 is 2.91 bits per heavy atom. The van der Waals surface area contributed by atoms with Gasteiger partial charge in [0.15, 0.2) is 11.6 Å². The number of rotatable bonds is 2. The zero-order chi connectivity index (χ0) is 14.9. The molecule has 1 aromatic heterocycles. The minimum Gasteiger partial charge on any atom is -0.488 e. The summed E-state index contributed by atoms with van der Waals surface area (Å²) < 4.78 is 5.82. The molecule has 0 aliphatic carbocycles. The molecule has 108 valence electrons. The summed E-state index contributed by atoms with van der Waals surface area (Å²) in [5.74, 6) is 1.19. The van der Waals surface area contributed by atoms with Crippen molar-refractivity contribution in [2.24, 2.45) is 0 Å². The van der Waals surface area contributed by atoms with Crippen LogP contribution in [0.3, 0.4) is 0 Å². The third-order valence-corrected chi connectivity index (χ3v) is 3.69. The number of carbonyl (C=O) groups is 1. The Morgan fingerprint density at radius 1 is 1.14 bits per heavy atom. The maximum absolute atomic E-state index is 12.6. The summed E-state index contributed by atoms with van der Waals surface area (Å²) in [5.41, 5.74) is 3.16. The molecule has 0 unspecified atom stereocenters. The number of carbonyl (C=O) groups excluding carboxylic acids is 1. The summed E-state index contributed by atoms with van der Waals surface area (Å²) in [6, 6.07) is 13.1. The van der Waals surface area contributed by atoms with Gasteiger partial charge >= 0.3 is 0 Å². The van der Waals surface area contributed by atoms with E-state index in [2.05, 4.69) is 20.6 Å². The average molecular weight is 292 g/mol. The van der Waals surface area contributed by atoms with Crippen molar-refractivity contribution in [3.8, 4) is 5.75 Å². The monoisotopic (exact) mass is 292 g/mol. The normalized spacial score (nSPS) is 13.0. The van der Waals surface area contributed by atoms with Crippen molar-refractivity contribution >= 4 is 5.78 Å². The third-order valence-electron chi connectivity index (χ3n) is 3.69. The molecule has 3 aromatic rings. The molecule has 0 saturated carbocycles. The lowest BCUT2D eigenvalue weighted by atomic mass is 9.98. The highest BCUT2D eigenvalue weighted by molar-refractivity contribution is 6.12. The zero-order valence-electron chi connectivity index (χ0n) is 11.6. The molecule has 22 heavy (non-hydrogen) atoms. The van der Waals surface area contributed by atoms with Gasteiger partial charge in [-0.2, -0.15) is 5.21 Å². The van der Waals surface area contributed by atoms with Crippen LogP contribution in [0.1, 0.15) is 32.9 Å². The molecular formula is C16H12N4O2. The van der Waals surface area contributed by atoms with Gasteiger partial charge in [-0.15, -0.1) is 10.2 Å². The van der Waals surface area contributed by atoms with Crippen LogP contribution in [0.5, 0.6) is 5.75 Å². The molecule has 6 nitrogen and oxygen atoms in total. The van der Waals surface area contributed by atoms with Crippen molar-refractivity contribution in [3.05, 3.63) is 70.5 Å². The van der Waals surface area contributed by atoms with Gasteiger partial charge in [0.05, 0.1) is 5.56 Å². The fourth-order valence-electron chi connectivity index (χ4n) is 2.59. The maximum Gasteiger partial charge on any atom is 0.197 e. The minimum absolute atomic E-state index is 0.00536. The van der Waals surface area contributed by atoms with Gasteiger partial charge in [-0.3, -0.25) is 4.79 Å². The zero-order valence-corrected chi connectivity index (χ0v) is 11.6. The van der Waals surface area contributed by atoms with E-state index in [4.69, 9.17) is 4.74 Å². The van der Waals surface area contributed by atoms with Crippen LogP contribution in [0, 0.1) is 0 Å². The Hall–Kier alpha value is -3.02. The van der Waals surface area contributed by atoms with Crippen LogP contribution in [0.2, 0.25) is 0 Å². The lowest BCUT2D eigenvalue weighted by molar-refractivity contribution is 0.103. The third kappa shape index (κ3) is 2.14. The molecule has 0 fully saturated rings. The van der Waals surface area contributed by atoms with Crippen LogP contribution in [0.15, 0.2) is 42.5 Å². The topological polar surface area (TPSA) is 80.8 Å². The maximum atomic E-state index is 12.6. The summed E-state index contributed by atoms with van der Waals surface area (Å²) in [7, 11) is 0. The molecule has 1 aliphatic rings. The van der Waals surface area contributed by atoms with Crippen LogP contribution in [-0.2, 0) is 13.0 Å². The van der Waals surface area contributed by atoms with E-state index in [1.165, 1.54) is 0 Å². The Morgan fingerprint density at radius 2 is 2.05 bits per heavy atom. The van der Waals surface area contributed by atoms with Crippen molar-refractivity contribution < 1.29 is 9.53 Å². The first-order valence-electron chi connectivity index (χ1n) is 6.92. The van der Waals surface area contributed by atoms with Crippen molar-refractivity contribution in [1.29, 1.82) is 0 Å². The Labute approximate surface area is 126 Å². The Bertz CT molecular complexity index is 843. The minimum atomic E-state index is -0.00536.